The van der Waals surface area contributed by atoms with Crippen molar-refractivity contribution in [3.05, 3.63) is 101 Å². The minimum absolute atomic E-state index is 0.0225. The molecule has 0 aliphatic heterocycles. The summed E-state index contributed by atoms with van der Waals surface area (Å²) in [6.45, 7) is 10.5. The maximum Gasteiger partial charge on any atom is 0.211 e. The molecule has 0 amide bonds. The van der Waals surface area contributed by atoms with Crippen LogP contribution in [0, 0.1) is 20.8 Å². The first-order chi connectivity index (χ1) is 22.4. The highest BCUT2D eigenvalue weighted by atomic mass is 35.7. The lowest BCUT2D eigenvalue weighted by Gasteiger charge is -2.24. The van der Waals surface area contributed by atoms with E-state index in [-0.39, 0.29) is 6.29 Å². The van der Waals surface area contributed by atoms with Crippen molar-refractivity contribution in [1.82, 2.24) is 0 Å². The first-order valence-corrected chi connectivity index (χ1v) is 20.8. The van der Waals surface area contributed by atoms with Gasteiger partial charge in [0.05, 0.1) is 0 Å². The predicted octanol–water partition coefficient (Wildman–Crippen LogP) is 11.6. The summed E-state index contributed by atoms with van der Waals surface area (Å²) < 4.78 is 12.2. The molecule has 0 saturated heterocycles. The summed E-state index contributed by atoms with van der Waals surface area (Å²) in [5.74, 6) is 0. The van der Waals surface area contributed by atoms with Crippen LogP contribution in [0.5, 0.6) is 0 Å². The molecule has 3 aromatic carbocycles. The van der Waals surface area contributed by atoms with Crippen LogP contribution in [0.3, 0.4) is 0 Å². The fraction of sp³-hybridized carbons (Fsp3) is 0.524. The quantitative estimate of drug-likeness (QED) is 0.0435. The van der Waals surface area contributed by atoms with Gasteiger partial charge in [0.25, 0.3) is 0 Å². The molecule has 0 aliphatic rings. The van der Waals surface area contributed by atoms with Crippen molar-refractivity contribution < 1.29 is 9.47 Å². The average molecular weight is 664 g/mol. The van der Waals surface area contributed by atoms with Gasteiger partial charge in [0.2, 0.25) is 6.62 Å². The molecule has 0 aromatic heterocycles. The maximum absolute atomic E-state index is 7.93. The van der Waals surface area contributed by atoms with Gasteiger partial charge in [-0.1, -0.05) is 107 Å². The van der Waals surface area contributed by atoms with Crippen LogP contribution < -0.4 is 15.9 Å². The van der Waals surface area contributed by atoms with Crippen molar-refractivity contribution in [3.63, 3.8) is 0 Å². The Bertz CT molecular complexity index is 1240. The number of rotatable bonds is 23. The van der Waals surface area contributed by atoms with E-state index in [1.54, 1.807) is 0 Å². The Morgan fingerprint density at radius 2 is 1.15 bits per heavy atom. The van der Waals surface area contributed by atoms with Gasteiger partial charge in [-0.25, -0.2) is 0 Å². The summed E-state index contributed by atoms with van der Waals surface area (Å²) >= 11 is 7.93. The van der Waals surface area contributed by atoms with Crippen LogP contribution >= 0.6 is 17.9 Å². The van der Waals surface area contributed by atoms with Gasteiger partial charge in [-0.3, -0.25) is 0 Å². The number of hydrogen-bond donors (Lipinski definition) is 0. The molecule has 0 N–H and O–H groups in total. The van der Waals surface area contributed by atoms with Crippen LogP contribution in [-0.4, -0.2) is 19.5 Å². The summed E-state index contributed by atoms with van der Waals surface area (Å²) in [5.41, 5.74) is 5.29. The number of allylic oxidation sites excluding steroid dienone is 2. The van der Waals surface area contributed by atoms with Gasteiger partial charge in [-0.15, -0.1) is 0 Å². The lowest BCUT2D eigenvalue weighted by atomic mass is 10.0. The topological polar surface area (TPSA) is 18.5 Å². The Labute approximate surface area is 287 Å². The van der Waals surface area contributed by atoms with Crippen molar-refractivity contribution in [2.45, 2.75) is 131 Å². The van der Waals surface area contributed by atoms with Crippen molar-refractivity contribution in [1.29, 1.82) is 0 Å². The molecule has 0 radical (unpaired) electrons. The molecule has 4 heteroatoms. The summed E-state index contributed by atoms with van der Waals surface area (Å²) in [6.07, 6.45) is 21.1. The summed E-state index contributed by atoms with van der Waals surface area (Å²) in [4.78, 5) is 0. The number of unbranched alkanes of at least 4 members (excludes halogenated alkanes) is 8. The zero-order chi connectivity index (χ0) is 33.0. The monoisotopic (exact) mass is 663 g/mol. The zero-order valence-electron chi connectivity index (χ0n) is 29.5. The second-order valence-corrected chi connectivity index (χ2v) is 17.0. The number of ether oxygens (including phenoxy) is 2. The second-order valence-electron chi connectivity index (χ2n) is 12.8. The zero-order valence-corrected chi connectivity index (χ0v) is 31.2. The molecule has 0 atom stereocenters. The molecule has 0 spiro atoms. The van der Waals surface area contributed by atoms with Crippen molar-refractivity contribution in [3.8, 4) is 0 Å². The first-order valence-electron chi connectivity index (χ1n) is 18.1. The Kier molecular flexibility index (Phi) is 18.3. The van der Waals surface area contributed by atoms with Gasteiger partial charge in [0.15, 0.2) is 6.29 Å². The first kappa shape index (κ1) is 38.5. The minimum atomic E-state index is -2.31. The normalized spacial score (nSPS) is 12.1. The van der Waals surface area contributed by atoms with Crippen molar-refractivity contribution in [2.75, 3.05) is 13.2 Å². The molecular weight excluding hydrogens is 603 g/mol. The van der Waals surface area contributed by atoms with Crippen LogP contribution in [0.2, 0.25) is 0 Å². The molecule has 0 heterocycles. The molecule has 3 aromatic rings. The van der Waals surface area contributed by atoms with Crippen LogP contribution in [0.25, 0.3) is 0 Å². The van der Waals surface area contributed by atoms with Gasteiger partial charge in [0.1, 0.15) is 27.2 Å². The summed E-state index contributed by atoms with van der Waals surface area (Å²) in [6, 6.07) is 24.2. The molecule has 2 nitrogen and oxygen atoms in total. The Balaban J connectivity index is 1.49. The highest BCUT2D eigenvalue weighted by Gasteiger charge is 2.48. The molecule has 0 fully saturated rings. The third kappa shape index (κ3) is 11.9. The number of halogens is 1. The van der Waals surface area contributed by atoms with E-state index >= 15 is 0 Å². The van der Waals surface area contributed by atoms with E-state index in [2.05, 4.69) is 114 Å². The average Bonchev–Trinajstić information content (AvgIpc) is 3.06. The van der Waals surface area contributed by atoms with Gasteiger partial charge in [-0.05, 0) is 119 Å². The van der Waals surface area contributed by atoms with E-state index < -0.39 is 6.62 Å². The predicted molar refractivity (Wildman–Crippen MR) is 205 cm³/mol. The maximum atomic E-state index is 7.93. The van der Waals surface area contributed by atoms with Gasteiger partial charge >= 0.3 is 0 Å². The van der Waals surface area contributed by atoms with Crippen LogP contribution in [0.4, 0.5) is 0 Å². The molecular formula is C42H61ClO2P+. The smallest absolute Gasteiger partial charge is 0.211 e. The second kappa shape index (κ2) is 21.8. The Morgan fingerprint density at radius 3 is 1.72 bits per heavy atom. The summed E-state index contributed by atoms with van der Waals surface area (Å²) in [5, 5.41) is 3.83. The van der Waals surface area contributed by atoms with E-state index in [1.165, 1.54) is 83.1 Å². The van der Waals surface area contributed by atoms with E-state index in [9.17, 15) is 0 Å². The minimum Gasteiger partial charge on any atom is -0.353 e. The molecule has 3 rings (SSSR count). The van der Waals surface area contributed by atoms with Crippen molar-refractivity contribution in [2.24, 2.45) is 0 Å². The van der Waals surface area contributed by atoms with Crippen LogP contribution in [-0.2, 0) is 15.9 Å². The van der Waals surface area contributed by atoms with Crippen LogP contribution in [0.15, 0.2) is 78.9 Å². The number of aryl methyl sites for hydroxylation is 3. The number of hydrogen-bond acceptors (Lipinski definition) is 2. The Morgan fingerprint density at radius 1 is 0.609 bits per heavy atom. The fourth-order valence-electron chi connectivity index (χ4n) is 6.23. The fourth-order valence-corrected chi connectivity index (χ4v) is 11.3. The van der Waals surface area contributed by atoms with E-state index in [4.69, 9.17) is 20.7 Å². The lowest BCUT2D eigenvalue weighted by Crippen LogP contribution is -2.32. The molecule has 0 aliphatic carbocycles. The van der Waals surface area contributed by atoms with Gasteiger partial charge < -0.3 is 9.47 Å². The molecule has 0 saturated carbocycles. The highest BCUT2D eigenvalue weighted by Crippen LogP contribution is 2.62. The molecule has 0 unspecified atom stereocenters. The lowest BCUT2D eigenvalue weighted by molar-refractivity contribution is -0.148. The standard InChI is InChI=1S/C42H61ClO2P/c1-6-8-22-33-44-42(45-34-23-9-7-2)32-17-15-13-11-10-12-14-16-27-38-28-24-31-41(37(38)5)46(43,39-29-20-18-25-35(39)3)40-30-21-19-26-36(40)4/h10,12,18-21,24-26,28-31,42H,6-9,11,13-17,22-23,27,32-34H2,1-5H3/q+1/b12-10+. The highest BCUT2D eigenvalue weighted by molar-refractivity contribution is 8.15. The Hall–Kier alpha value is -1.96. The molecule has 252 valence electrons. The van der Waals surface area contributed by atoms with Gasteiger partial charge in [-0.2, -0.15) is 0 Å². The van der Waals surface area contributed by atoms with Crippen LogP contribution in [0.1, 0.15) is 120 Å². The van der Waals surface area contributed by atoms with E-state index in [1.807, 2.05) is 0 Å². The van der Waals surface area contributed by atoms with Crippen molar-refractivity contribution >= 4 is 33.8 Å². The van der Waals surface area contributed by atoms with E-state index in [0.717, 1.165) is 58.2 Å². The number of benzene rings is 3. The summed E-state index contributed by atoms with van der Waals surface area (Å²) in [7, 11) is 0. The SMILES string of the molecule is CCCCCOC(CCCCC/C=C/CCCc1cccc([P+](Cl)(c2ccccc2C)c2ccccc2C)c1C)OCCCCC. The third-order valence-electron chi connectivity index (χ3n) is 9.04. The van der Waals surface area contributed by atoms with E-state index in [0.29, 0.717) is 0 Å². The third-order valence-corrected chi connectivity index (χ3v) is 14.2. The van der Waals surface area contributed by atoms with Gasteiger partial charge in [0, 0.05) is 13.2 Å². The largest absolute Gasteiger partial charge is 0.353 e. The molecule has 0 bridgehead atoms. The molecule has 46 heavy (non-hydrogen) atoms.